The molecule has 0 saturated carbocycles. The molecule has 0 aromatic heterocycles. The molecule has 3 fully saturated rings. The molecular weight excluding hydrogens is 1330 g/mol. The molecule has 30 nitrogen and oxygen atoms in total. The van der Waals surface area contributed by atoms with E-state index in [0.29, 0.717) is 117 Å². The van der Waals surface area contributed by atoms with Crippen LogP contribution in [0.5, 0.6) is 0 Å². The molecule has 3 aliphatic rings. The van der Waals surface area contributed by atoms with Gasteiger partial charge in [0.1, 0.15) is 36.6 Å². The Balaban J connectivity index is 0.00000235. The first-order chi connectivity index (χ1) is 48.0. The maximum absolute atomic E-state index is 14.4. The SMILES string of the molecule is CCCOCCCNC(=O)CCCCCNC(=O)C(CCCCNCCCCCC[C@@H]1OC(CO)[C@H](O)[C@H](O)C1C)CC(=O)C(CCCCNC(=O)CCCCO[C@@H]1OC(CO)[C@H](O)[C@H](O)C1C)NC(=O)CCCCO[C@@H]1OC(CO)[C@H](O)[C@H](O)C1C.COP(=O)(O)OCCCCCCN. The number of hydrogen-bond acceptors (Lipinski definition) is 25. The number of aliphatic hydroxyl groups is 9. The van der Waals surface area contributed by atoms with E-state index in [2.05, 4.69) is 35.6 Å². The van der Waals surface area contributed by atoms with Crippen molar-refractivity contribution in [2.75, 3.05) is 99.2 Å². The van der Waals surface area contributed by atoms with Crippen LogP contribution in [0.2, 0.25) is 0 Å². The van der Waals surface area contributed by atoms with Gasteiger partial charge in [-0.15, -0.1) is 0 Å². The molecule has 0 spiro atoms. The van der Waals surface area contributed by atoms with Gasteiger partial charge in [0.05, 0.1) is 56.9 Å². The third-order valence-corrected chi connectivity index (χ3v) is 19.5. The number of amides is 4. The molecule has 0 bridgehead atoms. The molecule has 18 atom stereocenters. The normalized spacial score (nSPS) is 26.5. The number of phosphoric ester groups is 1. The maximum atomic E-state index is 14.4. The van der Waals surface area contributed by atoms with Gasteiger partial charge in [-0.05, 0) is 129 Å². The number of carbonyl (C=O) groups is 5. The number of carbonyl (C=O) groups excluding carboxylic acids is 5. The molecule has 3 saturated heterocycles. The van der Waals surface area contributed by atoms with Crippen molar-refractivity contribution in [2.24, 2.45) is 29.4 Å². The van der Waals surface area contributed by atoms with Crippen molar-refractivity contribution in [3.05, 3.63) is 0 Å². The van der Waals surface area contributed by atoms with Crippen LogP contribution in [0.3, 0.4) is 0 Å². The molecule has 3 aliphatic heterocycles. The van der Waals surface area contributed by atoms with Crippen LogP contribution in [-0.4, -0.2) is 259 Å². The number of nitrogens with one attached hydrogen (secondary N) is 5. The fourth-order valence-electron chi connectivity index (χ4n) is 12.0. The Labute approximate surface area is 594 Å². The topological polar surface area (TPSA) is 465 Å². The monoisotopic (exact) mass is 1460 g/mol. The van der Waals surface area contributed by atoms with Gasteiger partial charge in [0.2, 0.25) is 23.6 Å². The predicted molar refractivity (Wildman–Crippen MR) is 373 cm³/mol. The first-order valence-electron chi connectivity index (χ1n) is 37.3. The lowest BCUT2D eigenvalue weighted by molar-refractivity contribution is -0.282. The molecule has 0 radical (unpaired) electrons. The Hall–Kier alpha value is -3.02. The summed E-state index contributed by atoms with van der Waals surface area (Å²) in [4.78, 5) is 75.8. The molecule has 588 valence electrons. The number of ether oxygens (including phenoxy) is 6. The summed E-state index contributed by atoms with van der Waals surface area (Å²) in [5.41, 5.74) is 5.30. The standard InChI is InChI=1S/C62H115N5O20.C7H18NO4P/c1-5-33-82-34-21-32-65-51(72)25-10-8-16-31-66-60(81)44(22-11-17-29-63-28-15-7-6-9-24-47-41(2)54(75)57(78)48(38-68)85-47)37-46(71)45(67-53(74)27-14-20-36-84-62-43(4)56(77)59(80)50(40-70)87-62)23-12-18-30-64-52(73)26-13-19-35-83-61-42(3)55(76)58(79)49(39-69)86-61;1-11-13(9,10)12-7-5-3-2-4-6-8/h41-45,47-50,54-59,61-63,68-70,75-80H,5-40H2,1-4H3,(H,64,73)(H,65,72)(H,66,81)(H,67,74);2-8H2,1H3,(H,9,10)/t41?,42?,43?,44?,45?,47-,48?,49?,50?,54+,55+,56+,57-,58-,59-,61+,62+;/m0./s1. The van der Waals surface area contributed by atoms with Gasteiger partial charge in [0.25, 0.3) is 0 Å². The highest BCUT2D eigenvalue weighted by Gasteiger charge is 2.44. The number of ketones is 1. The van der Waals surface area contributed by atoms with E-state index in [4.69, 9.17) is 39.0 Å². The van der Waals surface area contributed by atoms with Crippen molar-refractivity contribution in [1.82, 2.24) is 26.6 Å². The summed E-state index contributed by atoms with van der Waals surface area (Å²) in [6, 6.07) is -0.903. The zero-order valence-electron chi connectivity index (χ0n) is 60.7. The number of nitrogens with two attached hydrogens (primary N) is 1. The van der Waals surface area contributed by atoms with Crippen LogP contribution in [0.15, 0.2) is 0 Å². The van der Waals surface area contributed by atoms with E-state index in [1.807, 2.05) is 13.8 Å². The number of Topliss-reactive ketones (excluding diaryl/α,β-unsaturated/α-hetero) is 1. The maximum Gasteiger partial charge on any atom is 0.471 e. The van der Waals surface area contributed by atoms with E-state index in [0.717, 1.165) is 97.1 Å². The number of aliphatic hydroxyl groups excluding tert-OH is 9. The predicted octanol–water partition coefficient (Wildman–Crippen LogP) is 2.56. The molecule has 100 heavy (non-hydrogen) atoms. The molecule has 3 rings (SSSR count). The molecule has 31 heteroatoms. The van der Waals surface area contributed by atoms with Gasteiger partial charge in [0, 0.05) is 103 Å². The highest BCUT2D eigenvalue weighted by atomic mass is 31.2. The van der Waals surface area contributed by atoms with Gasteiger partial charge >= 0.3 is 7.82 Å². The summed E-state index contributed by atoms with van der Waals surface area (Å²) in [6.07, 6.45) is 6.05. The molecule has 0 aliphatic carbocycles. The zero-order valence-corrected chi connectivity index (χ0v) is 61.6. The Bertz CT molecular complexity index is 2180. The van der Waals surface area contributed by atoms with E-state index in [9.17, 15) is 74.5 Å². The molecule has 9 unspecified atom stereocenters. The van der Waals surface area contributed by atoms with Gasteiger partial charge in [-0.2, -0.15) is 0 Å². The van der Waals surface area contributed by atoms with Crippen LogP contribution in [0.1, 0.15) is 207 Å². The summed E-state index contributed by atoms with van der Waals surface area (Å²) in [7, 11) is -2.61. The highest BCUT2D eigenvalue weighted by Crippen LogP contribution is 2.42. The lowest BCUT2D eigenvalue weighted by atomic mass is 9.86. The summed E-state index contributed by atoms with van der Waals surface area (Å²) in [5.74, 6) is -3.07. The molecule has 0 aromatic carbocycles. The average Bonchev–Trinajstić information content (AvgIpc) is 0.836. The fraction of sp³-hybridized carbons (Fsp3) is 0.928. The minimum Gasteiger partial charge on any atom is -0.394 e. The highest BCUT2D eigenvalue weighted by molar-refractivity contribution is 7.47. The van der Waals surface area contributed by atoms with Crippen LogP contribution in [0, 0.1) is 23.7 Å². The summed E-state index contributed by atoms with van der Waals surface area (Å²) in [5, 5.41) is 106. The van der Waals surface area contributed by atoms with Crippen LogP contribution >= 0.6 is 7.82 Å². The fourth-order valence-corrected chi connectivity index (χ4v) is 12.4. The van der Waals surface area contributed by atoms with Crippen molar-refractivity contribution in [3.63, 3.8) is 0 Å². The molecular formula is C69H133N6O24P. The lowest BCUT2D eigenvalue weighted by Gasteiger charge is -2.41. The summed E-state index contributed by atoms with van der Waals surface area (Å²) in [6.45, 7) is 11.4. The van der Waals surface area contributed by atoms with E-state index in [-0.39, 0.29) is 93.5 Å². The van der Waals surface area contributed by atoms with Crippen molar-refractivity contribution in [2.45, 2.75) is 287 Å². The lowest BCUT2D eigenvalue weighted by Crippen LogP contribution is -2.55. The van der Waals surface area contributed by atoms with Gasteiger partial charge < -0.3 is 112 Å². The van der Waals surface area contributed by atoms with Gasteiger partial charge in [-0.1, -0.05) is 72.6 Å². The van der Waals surface area contributed by atoms with Crippen molar-refractivity contribution in [3.8, 4) is 0 Å². The second kappa shape index (κ2) is 56.3. The van der Waals surface area contributed by atoms with E-state index in [1.54, 1.807) is 13.8 Å². The summed E-state index contributed by atoms with van der Waals surface area (Å²) < 4.78 is 53.8. The Kier molecular flexibility index (Phi) is 52.4. The van der Waals surface area contributed by atoms with E-state index >= 15 is 0 Å². The average molecular weight is 1460 g/mol. The summed E-state index contributed by atoms with van der Waals surface area (Å²) >= 11 is 0. The molecule has 0 aromatic rings. The first kappa shape index (κ1) is 93.1. The van der Waals surface area contributed by atoms with E-state index < -0.39 is 112 Å². The number of unbranched alkanes of at least 4 members (excludes halogenated alkanes) is 12. The van der Waals surface area contributed by atoms with Crippen molar-refractivity contribution >= 4 is 37.2 Å². The smallest absolute Gasteiger partial charge is 0.394 e. The van der Waals surface area contributed by atoms with Gasteiger partial charge in [-0.25, -0.2) is 4.57 Å². The van der Waals surface area contributed by atoms with E-state index in [1.165, 1.54) is 0 Å². The number of hydrogen-bond donors (Lipinski definition) is 16. The van der Waals surface area contributed by atoms with Crippen LogP contribution in [0.25, 0.3) is 0 Å². The third-order valence-electron chi connectivity index (χ3n) is 18.6. The molecule has 17 N–H and O–H groups in total. The van der Waals surface area contributed by atoms with Crippen molar-refractivity contribution in [1.29, 1.82) is 0 Å². The first-order valence-corrected chi connectivity index (χ1v) is 38.8. The second-order valence-corrected chi connectivity index (χ2v) is 28.5. The third kappa shape index (κ3) is 39.4. The number of rotatable bonds is 57. The minimum absolute atomic E-state index is 0.0256. The number of phosphoric acid groups is 1. The van der Waals surface area contributed by atoms with Gasteiger partial charge in [0.15, 0.2) is 18.4 Å². The van der Waals surface area contributed by atoms with Crippen LogP contribution in [0.4, 0.5) is 0 Å². The minimum atomic E-state index is -3.75. The Morgan fingerprint density at radius 3 is 1.52 bits per heavy atom. The molecule has 4 amide bonds. The van der Waals surface area contributed by atoms with Crippen molar-refractivity contribution < 1.29 is 117 Å². The largest absolute Gasteiger partial charge is 0.471 e. The Morgan fingerprint density at radius 1 is 0.490 bits per heavy atom. The molecule has 3 heterocycles. The van der Waals surface area contributed by atoms with Gasteiger partial charge in [-0.3, -0.25) is 33.0 Å². The van der Waals surface area contributed by atoms with Crippen LogP contribution in [-0.2, 0) is 66.0 Å². The zero-order chi connectivity index (χ0) is 74.1. The Morgan fingerprint density at radius 2 is 0.950 bits per heavy atom. The quantitative estimate of drug-likeness (QED) is 0.0307. The second-order valence-electron chi connectivity index (χ2n) is 26.9. The van der Waals surface area contributed by atoms with Crippen LogP contribution < -0.4 is 32.3 Å².